The lowest BCUT2D eigenvalue weighted by atomic mass is 10.2. The third-order valence-corrected chi connectivity index (χ3v) is 4.27. The van der Waals surface area contributed by atoms with Crippen molar-refractivity contribution < 1.29 is 9.47 Å². The number of hydrogen-bond donors (Lipinski definition) is 1. The Kier molecular flexibility index (Phi) is 4.04. The van der Waals surface area contributed by atoms with E-state index < -0.39 is 0 Å². The van der Waals surface area contributed by atoms with Gasteiger partial charge in [-0.25, -0.2) is 4.98 Å². The first-order valence-corrected chi connectivity index (χ1v) is 8.37. The highest BCUT2D eigenvalue weighted by Gasteiger charge is 2.15. The number of benzene rings is 2. The molecule has 2 aromatic carbocycles. The van der Waals surface area contributed by atoms with Crippen LogP contribution in [0.2, 0.25) is 0 Å². The van der Waals surface area contributed by atoms with Crippen LogP contribution < -0.4 is 14.8 Å². The smallest absolute Gasteiger partial charge is 0.204 e. The molecule has 0 saturated heterocycles. The van der Waals surface area contributed by atoms with Crippen molar-refractivity contribution in [3.63, 3.8) is 0 Å². The first-order valence-electron chi connectivity index (χ1n) is 8.37. The Balaban J connectivity index is 1.90. The minimum atomic E-state index is 0.624. The van der Waals surface area contributed by atoms with E-state index in [2.05, 4.69) is 22.4 Å². The van der Waals surface area contributed by atoms with E-state index in [-0.39, 0.29) is 0 Å². The van der Waals surface area contributed by atoms with Crippen LogP contribution in [0.15, 0.2) is 42.5 Å². The molecule has 26 heavy (non-hydrogen) atoms. The molecule has 7 heteroatoms. The summed E-state index contributed by atoms with van der Waals surface area (Å²) in [6.45, 7) is 2.06. The van der Waals surface area contributed by atoms with Gasteiger partial charge in [-0.3, -0.25) is 4.40 Å². The second kappa shape index (κ2) is 6.51. The van der Waals surface area contributed by atoms with E-state index in [0.717, 1.165) is 34.7 Å². The van der Waals surface area contributed by atoms with E-state index in [1.54, 1.807) is 14.2 Å². The lowest BCUT2D eigenvalue weighted by Crippen LogP contribution is -2.03. The molecule has 0 aliphatic rings. The van der Waals surface area contributed by atoms with E-state index in [1.807, 2.05) is 46.9 Å². The highest BCUT2D eigenvalue weighted by atomic mass is 16.5. The molecule has 1 N–H and O–H groups in total. The third-order valence-electron chi connectivity index (χ3n) is 4.27. The minimum Gasteiger partial charge on any atom is -0.497 e. The maximum absolute atomic E-state index is 5.47. The number of anilines is 2. The van der Waals surface area contributed by atoms with Crippen LogP contribution in [0.5, 0.6) is 11.5 Å². The van der Waals surface area contributed by atoms with Crippen molar-refractivity contribution in [2.24, 2.45) is 0 Å². The topological polar surface area (TPSA) is 73.6 Å². The van der Waals surface area contributed by atoms with Crippen molar-refractivity contribution in [3.8, 4) is 11.5 Å². The van der Waals surface area contributed by atoms with Crippen LogP contribution in [-0.4, -0.2) is 33.8 Å². The summed E-state index contributed by atoms with van der Waals surface area (Å²) in [5, 5.41) is 12.0. The molecule has 2 aromatic heterocycles. The summed E-state index contributed by atoms with van der Waals surface area (Å²) >= 11 is 0. The van der Waals surface area contributed by atoms with Gasteiger partial charge in [0, 0.05) is 12.5 Å². The quantitative estimate of drug-likeness (QED) is 0.593. The van der Waals surface area contributed by atoms with Crippen LogP contribution in [0.25, 0.3) is 16.7 Å². The van der Waals surface area contributed by atoms with Gasteiger partial charge in [0.25, 0.3) is 0 Å². The summed E-state index contributed by atoms with van der Waals surface area (Å²) in [6.07, 6.45) is 0.778. The summed E-state index contributed by atoms with van der Waals surface area (Å²) in [4.78, 5) is 4.74. The molecular weight excluding hydrogens is 330 g/mol. The number of nitrogens with one attached hydrogen (secondary N) is 1. The van der Waals surface area contributed by atoms with E-state index >= 15 is 0 Å². The van der Waals surface area contributed by atoms with Gasteiger partial charge in [0.15, 0.2) is 5.82 Å². The van der Waals surface area contributed by atoms with E-state index in [9.17, 15) is 0 Å². The molecule has 0 aliphatic heterocycles. The van der Waals surface area contributed by atoms with Gasteiger partial charge in [0.2, 0.25) is 5.65 Å². The molecule has 7 nitrogen and oxygen atoms in total. The Morgan fingerprint density at radius 2 is 1.88 bits per heavy atom. The molecule has 0 radical (unpaired) electrons. The van der Waals surface area contributed by atoms with Gasteiger partial charge in [0.05, 0.1) is 30.9 Å². The molecule has 0 spiro atoms. The molecule has 0 bridgehead atoms. The third kappa shape index (κ3) is 2.57. The largest absolute Gasteiger partial charge is 0.497 e. The summed E-state index contributed by atoms with van der Waals surface area (Å²) in [5.74, 6) is 2.90. The van der Waals surface area contributed by atoms with Crippen LogP contribution >= 0.6 is 0 Å². The van der Waals surface area contributed by atoms with Crippen LogP contribution in [-0.2, 0) is 6.42 Å². The fourth-order valence-corrected chi connectivity index (χ4v) is 2.98. The normalized spacial score (nSPS) is 11.0. The predicted molar refractivity (Wildman–Crippen MR) is 100 cm³/mol. The lowest BCUT2D eigenvalue weighted by molar-refractivity contribution is 0.395. The standard InChI is InChI=1S/C19H19N5O2/c1-4-17-22-23-19-18(20-13-7-5-6-8-15(13)24(17)19)21-14-10-9-12(25-2)11-16(14)26-3/h5-11H,4H2,1-3H3,(H,20,21). The first-order chi connectivity index (χ1) is 12.7. The average Bonchev–Trinajstić information content (AvgIpc) is 3.13. The predicted octanol–water partition coefficient (Wildman–Crippen LogP) is 3.60. The highest BCUT2D eigenvalue weighted by Crippen LogP contribution is 2.32. The summed E-state index contributed by atoms with van der Waals surface area (Å²) in [6, 6.07) is 13.5. The van der Waals surface area contributed by atoms with E-state index in [4.69, 9.17) is 14.5 Å². The minimum absolute atomic E-state index is 0.624. The Bertz CT molecular complexity index is 1090. The zero-order chi connectivity index (χ0) is 18.1. The van der Waals surface area contributed by atoms with Crippen LogP contribution in [0, 0.1) is 0 Å². The van der Waals surface area contributed by atoms with Crippen LogP contribution in [0.4, 0.5) is 11.5 Å². The van der Waals surface area contributed by atoms with Crippen molar-refractivity contribution >= 4 is 28.2 Å². The van der Waals surface area contributed by atoms with Crippen molar-refractivity contribution in [1.82, 2.24) is 19.6 Å². The molecule has 0 unspecified atom stereocenters. The van der Waals surface area contributed by atoms with Crippen LogP contribution in [0.1, 0.15) is 12.7 Å². The van der Waals surface area contributed by atoms with Gasteiger partial charge in [-0.05, 0) is 24.3 Å². The molecular formula is C19H19N5O2. The molecule has 132 valence electrons. The van der Waals surface area contributed by atoms with Gasteiger partial charge in [0.1, 0.15) is 17.3 Å². The van der Waals surface area contributed by atoms with E-state index in [1.165, 1.54) is 0 Å². The SMILES string of the molecule is CCc1nnc2c(Nc3ccc(OC)cc3OC)nc3ccccc3n12. The number of aryl methyl sites for hydroxylation is 1. The van der Waals surface area contributed by atoms with Crippen molar-refractivity contribution in [1.29, 1.82) is 0 Å². The highest BCUT2D eigenvalue weighted by molar-refractivity contribution is 5.85. The number of fused-ring (bicyclic) bond motifs is 3. The van der Waals surface area contributed by atoms with E-state index in [0.29, 0.717) is 17.2 Å². The number of para-hydroxylation sites is 2. The van der Waals surface area contributed by atoms with Crippen molar-refractivity contribution in [3.05, 3.63) is 48.3 Å². The summed E-state index contributed by atoms with van der Waals surface area (Å²) in [5.41, 5.74) is 3.30. The number of hydrogen-bond acceptors (Lipinski definition) is 6. The Morgan fingerprint density at radius 1 is 1.04 bits per heavy atom. The van der Waals surface area contributed by atoms with Gasteiger partial charge >= 0.3 is 0 Å². The zero-order valence-corrected chi connectivity index (χ0v) is 14.9. The first kappa shape index (κ1) is 16.1. The van der Waals surface area contributed by atoms with Crippen molar-refractivity contribution in [2.75, 3.05) is 19.5 Å². The lowest BCUT2D eigenvalue weighted by Gasteiger charge is -2.13. The Hall–Kier alpha value is -3.35. The maximum atomic E-state index is 5.47. The van der Waals surface area contributed by atoms with Gasteiger partial charge < -0.3 is 14.8 Å². The molecule has 4 rings (SSSR count). The van der Waals surface area contributed by atoms with Gasteiger partial charge in [-0.2, -0.15) is 0 Å². The summed E-state index contributed by atoms with van der Waals surface area (Å²) < 4.78 is 12.8. The molecule has 0 aliphatic carbocycles. The second-order valence-electron chi connectivity index (χ2n) is 5.77. The number of aromatic nitrogens is 4. The fraction of sp³-hybridized carbons (Fsp3) is 0.211. The monoisotopic (exact) mass is 349 g/mol. The van der Waals surface area contributed by atoms with Gasteiger partial charge in [-0.1, -0.05) is 19.1 Å². The fourth-order valence-electron chi connectivity index (χ4n) is 2.98. The van der Waals surface area contributed by atoms with Crippen molar-refractivity contribution in [2.45, 2.75) is 13.3 Å². The molecule has 4 aromatic rings. The molecule has 2 heterocycles. The number of rotatable bonds is 5. The average molecular weight is 349 g/mol. The maximum Gasteiger partial charge on any atom is 0.204 e. The van der Waals surface area contributed by atoms with Crippen LogP contribution in [0.3, 0.4) is 0 Å². The Morgan fingerprint density at radius 3 is 2.65 bits per heavy atom. The number of ether oxygens (including phenoxy) is 2. The number of methoxy groups -OCH3 is 2. The molecule has 0 atom stereocenters. The Labute approximate surface area is 150 Å². The second-order valence-corrected chi connectivity index (χ2v) is 5.77. The molecule has 0 amide bonds. The van der Waals surface area contributed by atoms with Gasteiger partial charge in [-0.15, -0.1) is 10.2 Å². The summed E-state index contributed by atoms with van der Waals surface area (Å²) in [7, 11) is 3.24. The molecule has 0 saturated carbocycles. The molecule has 0 fully saturated rings. The number of nitrogens with zero attached hydrogens (tertiary/aromatic N) is 4. The zero-order valence-electron chi connectivity index (χ0n) is 14.9.